The maximum Gasteiger partial charge on any atom is 0.321 e. The van der Waals surface area contributed by atoms with Crippen molar-refractivity contribution in [2.45, 2.75) is 38.3 Å². The zero-order valence-electron chi connectivity index (χ0n) is 16.9. The van der Waals surface area contributed by atoms with Crippen molar-refractivity contribution in [2.75, 3.05) is 45.7 Å². The van der Waals surface area contributed by atoms with Gasteiger partial charge in [0.1, 0.15) is 19.5 Å². The van der Waals surface area contributed by atoms with Gasteiger partial charge in [-0.05, 0) is 59.1 Å². The SMILES string of the molecule is CC1CC(NCCCN(C)C)NC(NC(=O)Nc2ccc3c(c2)OCCO3)N1. The van der Waals surface area contributed by atoms with Gasteiger partial charge in [-0.2, -0.15) is 0 Å². The van der Waals surface area contributed by atoms with Gasteiger partial charge in [0, 0.05) is 17.8 Å². The van der Waals surface area contributed by atoms with Crippen LogP contribution in [0.1, 0.15) is 19.8 Å². The minimum Gasteiger partial charge on any atom is -0.486 e. The molecule has 2 aliphatic heterocycles. The maximum absolute atomic E-state index is 12.4. The Morgan fingerprint density at radius 3 is 2.79 bits per heavy atom. The molecule has 2 aliphatic rings. The summed E-state index contributed by atoms with van der Waals surface area (Å²) < 4.78 is 11.1. The van der Waals surface area contributed by atoms with Gasteiger partial charge in [-0.1, -0.05) is 0 Å². The largest absolute Gasteiger partial charge is 0.486 e. The van der Waals surface area contributed by atoms with E-state index < -0.39 is 0 Å². The van der Waals surface area contributed by atoms with Crippen molar-refractivity contribution in [3.8, 4) is 11.5 Å². The second-order valence-electron chi connectivity index (χ2n) is 7.52. The molecule has 3 rings (SSSR count). The van der Waals surface area contributed by atoms with E-state index in [1.54, 1.807) is 18.2 Å². The molecule has 3 unspecified atom stereocenters. The van der Waals surface area contributed by atoms with Crippen molar-refractivity contribution < 1.29 is 14.3 Å². The number of fused-ring (bicyclic) bond motifs is 1. The van der Waals surface area contributed by atoms with Gasteiger partial charge in [0.25, 0.3) is 0 Å². The lowest BCUT2D eigenvalue weighted by atomic mass is 10.1. The van der Waals surface area contributed by atoms with E-state index in [0.717, 1.165) is 25.9 Å². The maximum atomic E-state index is 12.4. The molecule has 2 amide bonds. The Morgan fingerprint density at radius 1 is 1.21 bits per heavy atom. The molecule has 2 heterocycles. The first kappa shape index (κ1) is 20.7. The van der Waals surface area contributed by atoms with Crippen LogP contribution in [0.25, 0.3) is 0 Å². The van der Waals surface area contributed by atoms with Crippen LogP contribution >= 0.6 is 0 Å². The lowest BCUT2D eigenvalue weighted by molar-refractivity contribution is 0.171. The second kappa shape index (κ2) is 9.92. The number of benzene rings is 1. The summed E-state index contributed by atoms with van der Waals surface area (Å²) >= 11 is 0. The van der Waals surface area contributed by atoms with Crippen molar-refractivity contribution in [2.24, 2.45) is 0 Å². The number of ether oxygens (including phenoxy) is 2. The number of amides is 2. The highest BCUT2D eigenvalue weighted by Gasteiger charge is 2.25. The predicted octanol–water partition coefficient (Wildman–Crippen LogP) is 0.702. The van der Waals surface area contributed by atoms with Crippen molar-refractivity contribution in [3.63, 3.8) is 0 Å². The van der Waals surface area contributed by atoms with Gasteiger partial charge in [0.05, 0.1) is 6.17 Å². The molecule has 5 N–H and O–H groups in total. The fourth-order valence-corrected chi connectivity index (χ4v) is 3.34. The summed E-state index contributed by atoms with van der Waals surface area (Å²) in [7, 11) is 4.15. The first-order valence-corrected chi connectivity index (χ1v) is 9.87. The fraction of sp³-hybridized carbons (Fsp3) is 0.632. The highest BCUT2D eigenvalue weighted by atomic mass is 16.6. The molecule has 0 aromatic heterocycles. The highest BCUT2D eigenvalue weighted by molar-refractivity contribution is 5.89. The minimum absolute atomic E-state index is 0.151. The van der Waals surface area contributed by atoms with Crippen LogP contribution in [0, 0.1) is 0 Å². The number of urea groups is 1. The Balaban J connectivity index is 1.46. The molecule has 1 aromatic rings. The minimum atomic E-state index is -0.313. The Hall–Kier alpha value is -2.07. The Morgan fingerprint density at radius 2 is 2.00 bits per heavy atom. The van der Waals surface area contributed by atoms with Crippen molar-refractivity contribution in [3.05, 3.63) is 18.2 Å². The number of nitrogens with zero attached hydrogens (tertiary/aromatic N) is 1. The van der Waals surface area contributed by atoms with Crippen molar-refractivity contribution in [1.29, 1.82) is 0 Å². The number of anilines is 1. The number of nitrogens with one attached hydrogen (secondary N) is 5. The van der Waals surface area contributed by atoms with Gasteiger partial charge >= 0.3 is 6.03 Å². The number of hydrogen-bond acceptors (Lipinski definition) is 7. The number of carbonyl (C=O) groups is 1. The Kier molecular flexibility index (Phi) is 7.32. The molecule has 0 aliphatic carbocycles. The molecule has 156 valence electrons. The summed E-state index contributed by atoms with van der Waals surface area (Å²) in [6.45, 7) is 5.15. The summed E-state index contributed by atoms with van der Waals surface area (Å²) in [6.07, 6.45) is 1.87. The smallest absolute Gasteiger partial charge is 0.321 e. The molecule has 1 aromatic carbocycles. The van der Waals surface area contributed by atoms with Gasteiger partial charge in [-0.25, -0.2) is 4.79 Å². The molecule has 9 heteroatoms. The van der Waals surface area contributed by atoms with E-state index >= 15 is 0 Å². The van der Waals surface area contributed by atoms with Gasteiger partial charge in [0.2, 0.25) is 0 Å². The van der Waals surface area contributed by atoms with Crippen LogP contribution in [-0.2, 0) is 0 Å². The van der Waals surface area contributed by atoms with E-state index in [0.29, 0.717) is 30.4 Å². The van der Waals surface area contributed by atoms with Gasteiger partial charge in [-0.15, -0.1) is 0 Å². The van der Waals surface area contributed by atoms with E-state index in [1.165, 1.54) is 0 Å². The number of hydrogen-bond donors (Lipinski definition) is 5. The van der Waals surface area contributed by atoms with E-state index in [1.807, 2.05) is 0 Å². The lowest BCUT2D eigenvalue weighted by Crippen LogP contribution is -2.67. The number of carbonyl (C=O) groups excluding carboxylic acids is 1. The highest BCUT2D eigenvalue weighted by Crippen LogP contribution is 2.32. The fourth-order valence-electron chi connectivity index (χ4n) is 3.34. The molecular weight excluding hydrogens is 360 g/mol. The van der Waals surface area contributed by atoms with Crippen LogP contribution in [-0.4, -0.2) is 69.8 Å². The van der Waals surface area contributed by atoms with Crippen molar-refractivity contribution in [1.82, 2.24) is 26.2 Å². The summed E-state index contributed by atoms with van der Waals surface area (Å²) in [5.41, 5.74) is 0.656. The van der Waals surface area contributed by atoms with Crippen LogP contribution in [0.3, 0.4) is 0 Å². The summed E-state index contributed by atoms with van der Waals surface area (Å²) in [5, 5.41) is 16.0. The van der Waals surface area contributed by atoms with Crippen LogP contribution in [0.4, 0.5) is 10.5 Å². The van der Waals surface area contributed by atoms with E-state index in [-0.39, 0.29) is 24.5 Å². The molecule has 0 saturated carbocycles. The van der Waals surface area contributed by atoms with Crippen LogP contribution in [0.5, 0.6) is 11.5 Å². The van der Waals surface area contributed by atoms with Crippen molar-refractivity contribution >= 4 is 11.7 Å². The average molecular weight is 393 g/mol. The molecule has 9 nitrogen and oxygen atoms in total. The summed E-state index contributed by atoms with van der Waals surface area (Å²) in [6, 6.07) is 5.37. The third kappa shape index (κ3) is 6.23. The number of rotatable bonds is 7. The Labute approximate surface area is 166 Å². The molecule has 0 radical (unpaired) electrons. The normalized spacial score (nSPS) is 24.1. The average Bonchev–Trinajstić information content (AvgIpc) is 2.64. The first-order valence-electron chi connectivity index (χ1n) is 9.87. The van der Waals surface area contributed by atoms with E-state index in [2.05, 4.69) is 52.5 Å². The zero-order chi connectivity index (χ0) is 19.9. The lowest BCUT2D eigenvalue weighted by Gasteiger charge is -2.37. The second-order valence-corrected chi connectivity index (χ2v) is 7.52. The molecule has 0 spiro atoms. The predicted molar refractivity (Wildman–Crippen MR) is 109 cm³/mol. The van der Waals surface area contributed by atoms with E-state index in [9.17, 15) is 4.79 Å². The molecule has 3 atom stereocenters. The standard InChI is InChI=1S/C19H32N6O3/c1-13-11-17(20-7-4-8-25(2)3)23-18(21-13)24-19(26)22-14-5-6-15-16(12-14)28-10-9-27-15/h5-6,12-13,17-18,20-21,23H,4,7-11H2,1-3H3,(H2,22,24,26). The topological polar surface area (TPSA) is 98.9 Å². The molecule has 28 heavy (non-hydrogen) atoms. The molecular formula is C19H32N6O3. The van der Waals surface area contributed by atoms with Crippen LogP contribution in [0.15, 0.2) is 18.2 Å². The van der Waals surface area contributed by atoms with Crippen LogP contribution < -0.4 is 36.1 Å². The molecule has 0 bridgehead atoms. The summed E-state index contributed by atoms with van der Waals surface area (Å²) in [5.74, 6) is 1.35. The van der Waals surface area contributed by atoms with Gasteiger partial charge in [0.15, 0.2) is 11.5 Å². The quantitative estimate of drug-likeness (QED) is 0.436. The van der Waals surface area contributed by atoms with Gasteiger partial charge in [-0.3, -0.25) is 10.6 Å². The zero-order valence-corrected chi connectivity index (χ0v) is 16.9. The molecule has 1 fully saturated rings. The van der Waals surface area contributed by atoms with Crippen LogP contribution in [0.2, 0.25) is 0 Å². The van der Waals surface area contributed by atoms with E-state index in [4.69, 9.17) is 9.47 Å². The monoisotopic (exact) mass is 392 g/mol. The molecule has 1 saturated heterocycles. The first-order chi connectivity index (χ1) is 13.5. The third-order valence-electron chi connectivity index (χ3n) is 4.66. The Bertz CT molecular complexity index is 657. The van der Waals surface area contributed by atoms with Gasteiger partial charge < -0.3 is 30.3 Å². The third-order valence-corrected chi connectivity index (χ3v) is 4.66. The summed E-state index contributed by atoms with van der Waals surface area (Å²) in [4.78, 5) is 14.6.